The lowest BCUT2D eigenvalue weighted by molar-refractivity contribution is 0.845. The van der Waals surface area contributed by atoms with Crippen molar-refractivity contribution in [1.82, 2.24) is 5.32 Å². The van der Waals surface area contributed by atoms with E-state index in [4.69, 9.17) is 0 Å². The Morgan fingerprint density at radius 1 is 1.20 bits per heavy atom. The molecule has 2 heteroatoms. The molecule has 0 saturated heterocycles. The monoisotopic (exact) mass is 157 g/mol. The first kappa shape index (κ1) is 12.3. The summed E-state index contributed by atoms with van der Waals surface area (Å²) in [4.78, 5) is 0. The van der Waals surface area contributed by atoms with Crippen LogP contribution in [0.3, 0.4) is 0 Å². The van der Waals surface area contributed by atoms with Gasteiger partial charge in [0.1, 0.15) is 0 Å². The highest BCUT2D eigenvalue weighted by Gasteiger charge is 1.69. The van der Waals surface area contributed by atoms with E-state index >= 15 is 0 Å². The maximum absolute atomic E-state index is 3.54. The van der Waals surface area contributed by atoms with E-state index in [0.717, 1.165) is 13.1 Å². The largest absolute Gasteiger partial charge is 0.310 e. The van der Waals surface area contributed by atoms with Gasteiger partial charge in [0, 0.05) is 22.6 Å². The molecule has 0 aromatic carbocycles. The normalized spacial score (nSPS) is 7.40. The zero-order chi connectivity index (χ0) is 8.24. The van der Waals surface area contributed by atoms with E-state index in [1.807, 2.05) is 12.2 Å². The fourth-order valence-corrected chi connectivity index (χ4v) is 0.287. The van der Waals surface area contributed by atoms with Gasteiger partial charge in [-0.2, -0.15) is 0 Å². The summed E-state index contributed by atoms with van der Waals surface area (Å²) in [5, 5.41) is 3.05. The SMILES string of the molecule is C=CCNCC=C.C[SiH2]C. The first-order valence-corrected chi connectivity index (χ1v) is 6.58. The van der Waals surface area contributed by atoms with Gasteiger partial charge in [-0.3, -0.25) is 0 Å². The molecule has 0 aromatic heterocycles. The minimum Gasteiger partial charge on any atom is -0.310 e. The summed E-state index contributed by atoms with van der Waals surface area (Å²) in [6.07, 6.45) is 3.65. The maximum Gasteiger partial charge on any atom is 0.0135 e. The van der Waals surface area contributed by atoms with Crippen molar-refractivity contribution in [2.75, 3.05) is 13.1 Å². The zero-order valence-corrected chi connectivity index (χ0v) is 8.60. The van der Waals surface area contributed by atoms with Gasteiger partial charge in [0.25, 0.3) is 0 Å². The summed E-state index contributed by atoms with van der Waals surface area (Å²) < 4.78 is 0. The lowest BCUT2D eigenvalue weighted by Crippen LogP contribution is -2.11. The zero-order valence-electron chi connectivity index (χ0n) is 7.19. The lowest BCUT2D eigenvalue weighted by atomic mass is 10.5. The smallest absolute Gasteiger partial charge is 0.0135 e. The molecule has 0 heterocycles. The summed E-state index contributed by atoms with van der Waals surface area (Å²) in [7, 11) is 0.417. The van der Waals surface area contributed by atoms with Crippen molar-refractivity contribution < 1.29 is 0 Å². The van der Waals surface area contributed by atoms with Crippen LogP contribution in [0.15, 0.2) is 25.3 Å². The molecule has 0 bridgehead atoms. The average molecular weight is 157 g/mol. The van der Waals surface area contributed by atoms with Crippen molar-refractivity contribution in [3.05, 3.63) is 25.3 Å². The highest BCUT2D eigenvalue weighted by Crippen LogP contribution is 1.59. The number of nitrogens with one attached hydrogen (secondary N) is 1. The second-order valence-electron chi connectivity index (χ2n) is 1.94. The topological polar surface area (TPSA) is 12.0 Å². The quantitative estimate of drug-likeness (QED) is 0.367. The van der Waals surface area contributed by atoms with Crippen LogP contribution in [0.5, 0.6) is 0 Å². The number of hydrogen-bond acceptors (Lipinski definition) is 1. The molecule has 0 atom stereocenters. The third-order valence-electron chi connectivity index (χ3n) is 0.577. The molecule has 10 heavy (non-hydrogen) atoms. The Kier molecular flexibility index (Phi) is 19.6. The molecule has 0 spiro atoms. The molecule has 0 fully saturated rings. The molecule has 1 N–H and O–H groups in total. The van der Waals surface area contributed by atoms with E-state index < -0.39 is 0 Å². The fraction of sp³-hybridized carbons (Fsp3) is 0.500. The van der Waals surface area contributed by atoms with E-state index in [1.165, 1.54) is 0 Å². The van der Waals surface area contributed by atoms with Crippen LogP contribution in [0.25, 0.3) is 0 Å². The standard InChI is InChI=1S/C6H11N.C2H8Si/c1-3-5-7-6-4-2;1-3-2/h3-4,7H,1-2,5-6H2;3H2,1-2H3. The van der Waals surface area contributed by atoms with Gasteiger partial charge in [-0.15, -0.1) is 13.2 Å². The van der Waals surface area contributed by atoms with Crippen LogP contribution in [0.1, 0.15) is 0 Å². The molecule has 0 aliphatic heterocycles. The average Bonchev–Trinajstić information content (AvgIpc) is 1.91. The van der Waals surface area contributed by atoms with Gasteiger partial charge < -0.3 is 5.32 Å². The van der Waals surface area contributed by atoms with Crippen LogP contribution in [0, 0.1) is 0 Å². The molecule has 60 valence electrons. The van der Waals surface area contributed by atoms with Gasteiger partial charge in [-0.25, -0.2) is 0 Å². The Morgan fingerprint density at radius 3 is 1.70 bits per heavy atom. The van der Waals surface area contributed by atoms with Crippen molar-refractivity contribution in [2.24, 2.45) is 0 Å². The molecule has 1 nitrogen and oxygen atoms in total. The van der Waals surface area contributed by atoms with Crippen molar-refractivity contribution in [3.8, 4) is 0 Å². The summed E-state index contributed by atoms with van der Waals surface area (Å²) in [6, 6.07) is 0. The van der Waals surface area contributed by atoms with Crippen LogP contribution in [0.2, 0.25) is 13.1 Å². The van der Waals surface area contributed by atoms with Crippen LogP contribution >= 0.6 is 0 Å². The predicted octanol–water partition coefficient (Wildman–Crippen LogP) is 1.20. The van der Waals surface area contributed by atoms with E-state index in [2.05, 4.69) is 31.6 Å². The predicted molar refractivity (Wildman–Crippen MR) is 53.5 cm³/mol. The van der Waals surface area contributed by atoms with E-state index in [0.29, 0.717) is 9.52 Å². The lowest BCUT2D eigenvalue weighted by Gasteiger charge is -1.90. The number of hydrogen-bond donors (Lipinski definition) is 1. The molecular formula is C8H19NSi. The Hall–Kier alpha value is -0.343. The molecule has 0 aliphatic carbocycles. The van der Waals surface area contributed by atoms with Gasteiger partial charge in [0.05, 0.1) is 0 Å². The van der Waals surface area contributed by atoms with Crippen molar-refractivity contribution >= 4 is 9.52 Å². The van der Waals surface area contributed by atoms with E-state index in [9.17, 15) is 0 Å². The molecule has 0 rings (SSSR count). The van der Waals surface area contributed by atoms with Gasteiger partial charge >= 0.3 is 0 Å². The highest BCUT2D eigenvalue weighted by molar-refractivity contribution is 6.31. The highest BCUT2D eigenvalue weighted by atomic mass is 28.2. The van der Waals surface area contributed by atoms with E-state index in [-0.39, 0.29) is 0 Å². The van der Waals surface area contributed by atoms with Crippen molar-refractivity contribution in [3.63, 3.8) is 0 Å². The summed E-state index contributed by atoms with van der Waals surface area (Å²) in [5.74, 6) is 0. The molecule has 0 amide bonds. The Balaban J connectivity index is 0. The van der Waals surface area contributed by atoms with Gasteiger partial charge in [-0.05, 0) is 0 Å². The third-order valence-corrected chi connectivity index (χ3v) is 0.577. The summed E-state index contributed by atoms with van der Waals surface area (Å²) in [5.41, 5.74) is 0. The van der Waals surface area contributed by atoms with E-state index in [1.54, 1.807) is 0 Å². The summed E-state index contributed by atoms with van der Waals surface area (Å²) in [6.45, 7) is 13.3. The van der Waals surface area contributed by atoms with Crippen LogP contribution in [-0.4, -0.2) is 22.6 Å². The van der Waals surface area contributed by atoms with Gasteiger partial charge in [0.15, 0.2) is 0 Å². The van der Waals surface area contributed by atoms with Crippen LogP contribution < -0.4 is 5.32 Å². The van der Waals surface area contributed by atoms with Gasteiger partial charge in [0.2, 0.25) is 0 Å². The maximum atomic E-state index is 3.54. The minimum absolute atomic E-state index is 0.417. The Labute approximate surface area is 67.0 Å². The molecular weight excluding hydrogens is 138 g/mol. The first-order chi connectivity index (χ1) is 4.83. The number of rotatable bonds is 4. The fourth-order valence-electron chi connectivity index (χ4n) is 0.287. The molecule has 0 unspecified atom stereocenters. The van der Waals surface area contributed by atoms with Crippen molar-refractivity contribution in [2.45, 2.75) is 13.1 Å². The third kappa shape index (κ3) is 25.4. The van der Waals surface area contributed by atoms with Gasteiger partial charge in [-0.1, -0.05) is 25.2 Å². The van der Waals surface area contributed by atoms with Crippen molar-refractivity contribution in [1.29, 1.82) is 0 Å². The van der Waals surface area contributed by atoms with Crippen LogP contribution in [0.4, 0.5) is 0 Å². The molecule has 0 aliphatic rings. The second kappa shape index (κ2) is 15.9. The second-order valence-corrected chi connectivity index (χ2v) is 3.36. The molecule has 0 saturated carbocycles. The Morgan fingerprint density at radius 2 is 1.50 bits per heavy atom. The first-order valence-electron chi connectivity index (χ1n) is 3.75. The molecule has 0 aromatic rings. The molecule has 0 radical (unpaired) electrons. The minimum atomic E-state index is 0.417. The Bertz CT molecular complexity index is 63.7. The summed E-state index contributed by atoms with van der Waals surface area (Å²) >= 11 is 0. The van der Waals surface area contributed by atoms with Crippen LogP contribution in [-0.2, 0) is 0 Å².